The van der Waals surface area contributed by atoms with E-state index in [1.165, 1.54) is 15.8 Å². The van der Waals surface area contributed by atoms with Gasteiger partial charge in [0, 0.05) is 42.1 Å². The van der Waals surface area contributed by atoms with Gasteiger partial charge in [-0.15, -0.1) is 0 Å². The van der Waals surface area contributed by atoms with Gasteiger partial charge in [0.05, 0.1) is 5.92 Å². The number of ether oxygens (including phenoxy) is 1. The van der Waals surface area contributed by atoms with Crippen LogP contribution >= 0.6 is 0 Å². The third kappa shape index (κ3) is 3.58. The molecule has 0 spiro atoms. The Morgan fingerprint density at radius 3 is 2.79 bits per heavy atom. The number of benzene rings is 1. The Morgan fingerprint density at radius 1 is 1.26 bits per heavy atom. The largest absolute Gasteiger partial charge is 0.361 e. The van der Waals surface area contributed by atoms with Crippen molar-refractivity contribution in [3.8, 4) is 0 Å². The van der Waals surface area contributed by atoms with Crippen molar-refractivity contribution in [3.05, 3.63) is 41.6 Å². The maximum absolute atomic E-state index is 14.4. The van der Waals surface area contributed by atoms with Crippen molar-refractivity contribution in [1.29, 1.82) is 0 Å². The topological polar surface area (TPSA) is 118 Å². The lowest BCUT2D eigenvalue weighted by Gasteiger charge is -2.50. The maximum Gasteiger partial charge on any atom is 0.281 e. The molecule has 5 aliphatic rings. The number of aromatic amines is 1. The van der Waals surface area contributed by atoms with E-state index in [0.29, 0.717) is 25.9 Å². The van der Waals surface area contributed by atoms with Crippen molar-refractivity contribution in [1.82, 2.24) is 25.0 Å². The summed E-state index contributed by atoms with van der Waals surface area (Å²) in [7, 11) is 2.03. The summed E-state index contributed by atoms with van der Waals surface area (Å²) < 4.78 is 6.45. The molecule has 4 aliphatic heterocycles. The Hall–Kier alpha value is -3.21. The van der Waals surface area contributed by atoms with Gasteiger partial charge in [-0.25, -0.2) is 0 Å². The molecule has 1 aromatic heterocycles. The Morgan fingerprint density at radius 2 is 2.05 bits per heavy atom. The molecule has 1 aliphatic carbocycles. The molecule has 224 valence electrons. The standard InChI is InChI=1S/C32H41N5O5/c1-6-18(4)27-29(39)36-12-8-11-25(36)32(41)37(27)30(40)31(42-32,17(2)3)34-28(38)20-13-22-21-9-7-10-23-26(21)19(15-33-23)14-24(22)35(5)16-20/h7,9-10,13,15,17-18,20,24-25,27,33,41H,6,8,11-12,14,16H2,1-5H3,(H,34,38)/t18-,20-,24+,25-,27-,31+,32-/m0/s1. The number of rotatable bonds is 5. The summed E-state index contributed by atoms with van der Waals surface area (Å²) in [6, 6.07) is 4.82. The van der Waals surface area contributed by atoms with E-state index in [4.69, 9.17) is 4.74 Å². The van der Waals surface area contributed by atoms with Crippen LogP contribution in [0.3, 0.4) is 0 Å². The predicted molar refractivity (Wildman–Crippen MR) is 156 cm³/mol. The number of carbonyl (C=O) groups is 3. The van der Waals surface area contributed by atoms with Gasteiger partial charge >= 0.3 is 0 Å². The minimum atomic E-state index is -2.01. The van der Waals surface area contributed by atoms with Crippen LogP contribution in [0.25, 0.3) is 16.5 Å². The number of hydrogen-bond donors (Lipinski definition) is 3. The molecular weight excluding hydrogens is 534 g/mol. The van der Waals surface area contributed by atoms with E-state index in [9.17, 15) is 19.5 Å². The zero-order valence-electron chi connectivity index (χ0n) is 25.0. The molecule has 0 saturated carbocycles. The summed E-state index contributed by atoms with van der Waals surface area (Å²) >= 11 is 0. The molecule has 0 bridgehead atoms. The highest BCUT2D eigenvalue weighted by atomic mass is 16.7. The van der Waals surface area contributed by atoms with Crippen LogP contribution < -0.4 is 5.32 Å². The minimum Gasteiger partial charge on any atom is -0.361 e. The van der Waals surface area contributed by atoms with Crippen molar-refractivity contribution in [2.75, 3.05) is 20.1 Å². The monoisotopic (exact) mass is 575 g/mol. The van der Waals surface area contributed by atoms with Crippen LogP contribution in [0.2, 0.25) is 0 Å². The van der Waals surface area contributed by atoms with E-state index in [1.54, 1.807) is 4.90 Å². The first-order valence-electron chi connectivity index (χ1n) is 15.4. The third-order valence-corrected chi connectivity index (χ3v) is 10.6. The molecule has 10 heteroatoms. The Kier molecular flexibility index (Phi) is 6.18. The van der Waals surface area contributed by atoms with Gasteiger partial charge < -0.3 is 20.3 Å². The van der Waals surface area contributed by atoms with Crippen LogP contribution in [0.15, 0.2) is 30.5 Å². The van der Waals surface area contributed by atoms with Gasteiger partial charge in [0.25, 0.3) is 11.8 Å². The van der Waals surface area contributed by atoms with Crippen LogP contribution in [0.1, 0.15) is 58.1 Å². The van der Waals surface area contributed by atoms with Gasteiger partial charge in [-0.1, -0.05) is 52.3 Å². The number of carbonyl (C=O) groups excluding carboxylic acids is 3. The first-order chi connectivity index (χ1) is 20.0. The molecule has 7 atom stereocenters. The van der Waals surface area contributed by atoms with Crippen molar-refractivity contribution < 1.29 is 24.2 Å². The van der Waals surface area contributed by atoms with Gasteiger partial charge in [-0.05, 0) is 55.0 Å². The summed E-state index contributed by atoms with van der Waals surface area (Å²) in [5.41, 5.74) is 2.79. The number of likely N-dealkylation sites (N-methyl/N-ethyl adjacent to an activating group) is 1. The molecule has 5 heterocycles. The molecule has 42 heavy (non-hydrogen) atoms. The lowest BCUT2D eigenvalue weighted by Crippen LogP contribution is -2.72. The molecule has 7 rings (SSSR count). The van der Waals surface area contributed by atoms with E-state index < -0.39 is 41.5 Å². The first kappa shape index (κ1) is 27.6. The Labute approximate surface area is 246 Å². The molecule has 0 unspecified atom stereocenters. The molecular formula is C32H41N5O5. The van der Waals surface area contributed by atoms with Gasteiger partial charge in [-0.2, -0.15) is 0 Å². The zero-order valence-corrected chi connectivity index (χ0v) is 25.0. The minimum absolute atomic E-state index is 0.150. The number of H-pyrrole nitrogens is 1. The average molecular weight is 576 g/mol. The predicted octanol–water partition coefficient (Wildman–Crippen LogP) is 2.43. The normalized spacial score (nSPS) is 34.9. The van der Waals surface area contributed by atoms with Crippen LogP contribution in [0.5, 0.6) is 0 Å². The number of fused-ring (bicyclic) bond motifs is 5. The lowest BCUT2D eigenvalue weighted by atomic mass is 9.79. The summed E-state index contributed by atoms with van der Waals surface area (Å²) in [5.74, 6) is -4.28. The van der Waals surface area contributed by atoms with E-state index in [1.807, 2.05) is 46.9 Å². The molecule has 3 fully saturated rings. The first-order valence-corrected chi connectivity index (χ1v) is 15.4. The molecule has 3 saturated heterocycles. The van der Waals surface area contributed by atoms with E-state index >= 15 is 0 Å². The maximum atomic E-state index is 14.4. The fourth-order valence-electron chi connectivity index (χ4n) is 8.11. The highest BCUT2D eigenvalue weighted by Gasteiger charge is 2.72. The van der Waals surface area contributed by atoms with E-state index in [-0.39, 0.29) is 23.8 Å². The third-order valence-electron chi connectivity index (χ3n) is 10.6. The van der Waals surface area contributed by atoms with Crippen molar-refractivity contribution >= 4 is 34.2 Å². The number of nitrogens with one attached hydrogen (secondary N) is 2. The van der Waals surface area contributed by atoms with Crippen LogP contribution in [0.4, 0.5) is 0 Å². The second-order valence-electron chi connectivity index (χ2n) is 13.3. The van der Waals surface area contributed by atoms with Crippen molar-refractivity contribution in [3.63, 3.8) is 0 Å². The number of hydrogen-bond acceptors (Lipinski definition) is 6. The van der Waals surface area contributed by atoms with Gasteiger partial charge in [0.1, 0.15) is 12.1 Å². The highest BCUT2D eigenvalue weighted by molar-refractivity contribution is 6.01. The van der Waals surface area contributed by atoms with Gasteiger partial charge in [-0.3, -0.25) is 28.9 Å². The SMILES string of the molecule is CC[C@H](C)[C@H]1C(=O)N2CCC[C@H]2[C@]2(O)O[C@](NC(=O)[C@H]3C=C4c5cccc6[nH]cc(c56)C[C@H]4N(C)C3)(C(C)C)C(=O)N12. The van der Waals surface area contributed by atoms with E-state index in [2.05, 4.69) is 33.5 Å². The van der Waals surface area contributed by atoms with Crippen LogP contribution in [0, 0.1) is 17.8 Å². The summed E-state index contributed by atoms with van der Waals surface area (Å²) in [4.78, 5) is 50.8. The summed E-state index contributed by atoms with van der Waals surface area (Å²) in [6.45, 7) is 8.50. The molecule has 0 radical (unpaired) electrons. The van der Waals surface area contributed by atoms with Gasteiger partial charge in [0.2, 0.25) is 17.5 Å². The van der Waals surface area contributed by atoms with Crippen LogP contribution in [-0.2, 0) is 25.5 Å². The highest BCUT2D eigenvalue weighted by Crippen LogP contribution is 2.49. The fraction of sp³-hybridized carbons (Fsp3) is 0.594. The molecule has 2 aromatic rings. The second kappa shape index (κ2) is 9.39. The quantitative estimate of drug-likeness (QED) is 0.504. The number of nitrogens with zero attached hydrogens (tertiary/aromatic N) is 3. The zero-order chi connectivity index (χ0) is 29.7. The summed E-state index contributed by atoms with van der Waals surface area (Å²) in [6.07, 6.45) is 6.87. The van der Waals surface area contributed by atoms with Crippen molar-refractivity contribution in [2.24, 2.45) is 17.8 Å². The molecule has 10 nitrogen and oxygen atoms in total. The average Bonchev–Trinajstić information content (AvgIpc) is 3.68. The Balaban J connectivity index is 1.25. The van der Waals surface area contributed by atoms with Crippen molar-refractivity contribution in [2.45, 2.75) is 83.1 Å². The Bertz CT molecular complexity index is 1520. The lowest BCUT2D eigenvalue weighted by molar-refractivity contribution is -0.324. The molecule has 3 N–H and O–H groups in total. The number of amides is 3. The smallest absolute Gasteiger partial charge is 0.281 e. The number of aliphatic hydroxyl groups is 1. The number of aromatic nitrogens is 1. The molecule has 1 aromatic carbocycles. The van der Waals surface area contributed by atoms with Gasteiger partial charge in [0.15, 0.2) is 0 Å². The number of piperazine rings is 1. The van der Waals surface area contributed by atoms with E-state index in [0.717, 1.165) is 29.5 Å². The second-order valence-corrected chi connectivity index (χ2v) is 13.3. The summed E-state index contributed by atoms with van der Waals surface area (Å²) in [5, 5.41) is 16.4. The van der Waals surface area contributed by atoms with Crippen LogP contribution in [-0.4, -0.2) is 92.4 Å². The fourth-order valence-corrected chi connectivity index (χ4v) is 8.11. The molecule has 3 amide bonds.